The predicted molar refractivity (Wildman–Crippen MR) is 182 cm³/mol. The van der Waals surface area contributed by atoms with E-state index in [4.69, 9.17) is 14.2 Å². The zero-order valence-corrected chi connectivity index (χ0v) is 28.3. The number of aromatic nitrogens is 1. The average molecular weight is 683 g/mol. The van der Waals surface area contributed by atoms with Gasteiger partial charge in [0.05, 0.1) is 41.8 Å². The lowest BCUT2D eigenvalue weighted by molar-refractivity contribution is -0.123. The van der Waals surface area contributed by atoms with E-state index in [1.54, 1.807) is 50.1 Å². The lowest BCUT2D eigenvalue weighted by Crippen LogP contribution is -2.42. The summed E-state index contributed by atoms with van der Waals surface area (Å²) in [5.41, 5.74) is 4.07. The van der Waals surface area contributed by atoms with E-state index in [0.717, 1.165) is 27.5 Å². The molecule has 2 aliphatic heterocycles. The fourth-order valence-corrected chi connectivity index (χ4v) is 11.3. The number of carbonyl (C=O) groups excluding carboxylic acids is 3. The molecule has 11 heteroatoms. The first kappa shape index (κ1) is 31.0. The minimum Gasteiger partial charge on any atom is -0.493 e. The zero-order valence-electron chi connectivity index (χ0n) is 26.6. The van der Waals surface area contributed by atoms with Crippen molar-refractivity contribution in [3.05, 3.63) is 104 Å². The summed E-state index contributed by atoms with van der Waals surface area (Å²) in [5, 5.41) is 0.910. The van der Waals surface area contributed by atoms with Crippen LogP contribution < -0.4 is 19.2 Å². The first-order valence-electron chi connectivity index (χ1n) is 16.2. The van der Waals surface area contributed by atoms with Gasteiger partial charge >= 0.3 is 10.8 Å². The average Bonchev–Trinajstić information content (AvgIpc) is 3.83. The number of aromatic amines is 1. The second-order valence-electron chi connectivity index (χ2n) is 12.9. The van der Waals surface area contributed by atoms with Crippen LogP contribution in [0.4, 0.5) is 5.69 Å². The van der Waals surface area contributed by atoms with Gasteiger partial charge in [-0.2, -0.15) is 0 Å². The summed E-state index contributed by atoms with van der Waals surface area (Å²) in [5.74, 6) is -0.576. The molecule has 1 saturated heterocycles. The molecular weight excluding hydrogens is 649 g/mol. The molecule has 3 heterocycles. The highest BCUT2D eigenvalue weighted by Gasteiger charge is 2.69. The Bertz CT molecular complexity index is 1990. The van der Waals surface area contributed by atoms with Gasteiger partial charge in [0.1, 0.15) is 6.61 Å². The number of thiazole rings is 1. The van der Waals surface area contributed by atoms with E-state index >= 15 is 0 Å². The van der Waals surface area contributed by atoms with Gasteiger partial charge in [-0.15, -0.1) is 11.8 Å². The molecule has 2 bridgehead atoms. The number of thioether (sulfide) groups is 1. The highest BCUT2D eigenvalue weighted by Crippen LogP contribution is 2.68. The molecule has 8 rings (SSSR count). The summed E-state index contributed by atoms with van der Waals surface area (Å²) in [6.45, 7) is 4.45. The number of amides is 2. The highest BCUT2D eigenvalue weighted by molar-refractivity contribution is 8.00. The Morgan fingerprint density at radius 1 is 0.938 bits per heavy atom. The number of rotatable bonds is 8. The molecule has 48 heavy (non-hydrogen) atoms. The van der Waals surface area contributed by atoms with E-state index in [9.17, 15) is 19.2 Å². The van der Waals surface area contributed by atoms with Crippen LogP contribution in [0.1, 0.15) is 51.2 Å². The SMILES string of the molecule is CCOC(=O)c1ccc(N2C(=O)C3C4CC(C3C2=O)C2C4Sc3[nH]c(=O)sc3[C@@H]2c2ccc(OCc3ccc(C)cc3)c(OC)c2)cc1. The van der Waals surface area contributed by atoms with Crippen LogP contribution in [0.5, 0.6) is 11.5 Å². The third kappa shape index (κ3) is 4.89. The van der Waals surface area contributed by atoms with E-state index in [1.807, 2.05) is 37.3 Å². The summed E-state index contributed by atoms with van der Waals surface area (Å²) < 4.78 is 17.1. The maximum atomic E-state index is 14.1. The van der Waals surface area contributed by atoms with Crippen LogP contribution >= 0.6 is 23.1 Å². The normalized spacial score (nSPS) is 26.6. The Morgan fingerprint density at radius 3 is 2.38 bits per heavy atom. The van der Waals surface area contributed by atoms with Gasteiger partial charge in [0, 0.05) is 16.0 Å². The molecule has 9 nitrogen and oxygen atoms in total. The number of aryl methyl sites for hydroxylation is 1. The predicted octanol–water partition coefficient (Wildman–Crippen LogP) is 6.19. The van der Waals surface area contributed by atoms with Crippen LogP contribution in [0.25, 0.3) is 0 Å². The molecule has 4 aliphatic rings. The van der Waals surface area contributed by atoms with E-state index < -0.39 is 17.8 Å². The van der Waals surface area contributed by atoms with Gasteiger partial charge in [-0.3, -0.25) is 19.3 Å². The number of nitrogens with zero attached hydrogens (tertiary/aromatic N) is 1. The van der Waals surface area contributed by atoms with E-state index in [2.05, 4.69) is 17.1 Å². The van der Waals surface area contributed by atoms with Gasteiger partial charge in [-0.1, -0.05) is 47.2 Å². The Balaban J connectivity index is 1.11. The quantitative estimate of drug-likeness (QED) is 0.173. The number of ether oxygens (including phenoxy) is 3. The van der Waals surface area contributed by atoms with Gasteiger partial charge in [-0.25, -0.2) is 4.79 Å². The van der Waals surface area contributed by atoms with Crippen molar-refractivity contribution < 1.29 is 28.6 Å². The number of methoxy groups -OCH3 is 1. The summed E-state index contributed by atoms with van der Waals surface area (Å²) in [4.78, 5) is 58.3. The van der Waals surface area contributed by atoms with E-state index in [1.165, 1.54) is 21.8 Å². The molecule has 0 radical (unpaired) electrons. The maximum absolute atomic E-state index is 14.1. The van der Waals surface area contributed by atoms with Gasteiger partial charge < -0.3 is 19.2 Å². The standard InChI is InChI=1S/C37H34N2O7S2/c1-4-45-36(42)20-9-12-22(13-10-20)39-34(40)29-23-16-24(30(29)35(39)41)31-28(23)27(32-33(47-31)38-37(43)48-32)21-11-14-25(26(15-21)44-3)46-17-19-7-5-18(2)6-8-19/h5-15,23-24,27-31H,4,16-17H2,1-3H3,(H,38,43)/t23?,24?,27-,28?,29?,30?,31?/m1/s1. The lowest BCUT2D eigenvalue weighted by atomic mass is 9.68. The number of carbonyl (C=O) groups is 3. The number of imide groups is 1. The first-order valence-corrected chi connectivity index (χ1v) is 17.9. The molecule has 2 saturated carbocycles. The number of anilines is 1. The minimum atomic E-state index is -0.446. The van der Waals surface area contributed by atoms with Crippen molar-refractivity contribution in [1.29, 1.82) is 0 Å². The van der Waals surface area contributed by atoms with Crippen molar-refractivity contribution >= 4 is 46.6 Å². The third-order valence-corrected chi connectivity index (χ3v) is 13.0. The molecule has 7 atom stereocenters. The first-order chi connectivity index (χ1) is 23.3. The summed E-state index contributed by atoms with van der Waals surface area (Å²) >= 11 is 2.88. The monoisotopic (exact) mass is 682 g/mol. The topological polar surface area (TPSA) is 115 Å². The lowest BCUT2D eigenvalue weighted by Gasteiger charge is -2.43. The Labute approximate surface area is 285 Å². The summed E-state index contributed by atoms with van der Waals surface area (Å²) in [7, 11) is 1.62. The smallest absolute Gasteiger partial charge is 0.338 e. The van der Waals surface area contributed by atoms with Crippen molar-refractivity contribution in [2.45, 2.75) is 43.1 Å². The van der Waals surface area contributed by atoms with Crippen molar-refractivity contribution in [1.82, 2.24) is 4.98 Å². The molecule has 2 aliphatic carbocycles. The van der Waals surface area contributed by atoms with E-state index in [-0.39, 0.29) is 52.2 Å². The molecule has 2 amide bonds. The molecule has 1 aromatic heterocycles. The molecule has 1 N–H and O–H groups in total. The summed E-state index contributed by atoms with van der Waals surface area (Å²) in [6.07, 6.45) is 0.787. The van der Waals surface area contributed by atoms with Crippen LogP contribution in [-0.2, 0) is 20.9 Å². The van der Waals surface area contributed by atoms with Crippen LogP contribution in [0.2, 0.25) is 0 Å². The van der Waals surface area contributed by atoms with Crippen molar-refractivity contribution in [2.75, 3.05) is 18.6 Å². The van der Waals surface area contributed by atoms with Gasteiger partial charge in [0.25, 0.3) is 0 Å². The van der Waals surface area contributed by atoms with Gasteiger partial charge in [0.2, 0.25) is 11.8 Å². The number of H-pyrrole nitrogens is 1. The minimum absolute atomic E-state index is 0.00619. The zero-order chi connectivity index (χ0) is 33.3. The number of hydrogen-bond acceptors (Lipinski definition) is 9. The number of esters is 1. The van der Waals surface area contributed by atoms with E-state index in [0.29, 0.717) is 29.4 Å². The number of fused-ring (bicyclic) bond motifs is 9. The molecule has 4 aromatic rings. The molecule has 246 valence electrons. The fraction of sp³-hybridized carbons (Fsp3) is 0.351. The van der Waals surface area contributed by atoms with Crippen molar-refractivity contribution in [3.8, 4) is 11.5 Å². The second-order valence-corrected chi connectivity index (χ2v) is 15.1. The second kappa shape index (κ2) is 12.0. The number of benzene rings is 3. The van der Waals surface area contributed by atoms with Crippen LogP contribution in [0.15, 0.2) is 76.6 Å². The summed E-state index contributed by atoms with van der Waals surface area (Å²) in [6, 6.07) is 20.6. The van der Waals surface area contributed by atoms with Gasteiger partial charge in [-0.05, 0) is 85.5 Å². The van der Waals surface area contributed by atoms with Crippen LogP contribution in [0.3, 0.4) is 0 Å². The largest absolute Gasteiger partial charge is 0.493 e. The Kier molecular flexibility index (Phi) is 7.71. The Morgan fingerprint density at radius 2 is 1.67 bits per heavy atom. The molecule has 6 unspecified atom stereocenters. The maximum Gasteiger partial charge on any atom is 0.338 e. The fourth-order valence-electron chi connectivity index (χ4n) is 8.45. The third-order valence-electron chi connectivity index (χ3n) is 10.4. The number of hydrogen-bond donors (Lipinski definition) is 1. The highest BCUT2D eigenvalue weighted by atomic mass is 32.2. The van der Waals surface area contributed by atoms with Crippen LogP contribution in [0, 0.1) is 36.5 Å². The van der Waals surface area contributed by atoms with Crippen molar-refractivity contribution in [3.63, 3.8) is 0 Å². The van der Waals surface area contributed by atoms with Gasteiger partial charge in [0.15, 0.2) is 11.5 Å². The molecular formula is C37H34N2O7S2. The molecule has 3 fully saturated rings. The Hall–Kier alpha value is -4.35. The van der Waals surface area contributed by atoms with Crippen molar-refractivity contribution in [2.24, 2.45) is 29.6 Å². The number of nitrogens with one attached hydrogen (secondary N) is 1. The van der Waals surface area contributed by atoms with Crippen LogP contribution in [-0.4, -0.2) is 41.7 Å². The molecule has 3 aromatic carbocycles. The molecule has 0 spiro atoms.